The summed E-state index contributed by atoms with van der Waals surface area (Å²) in [5, 5.41) is 5.26. The van der Waals surface area contributed by atoms with Crippen LogP contribution in [0.1, 0.15) is 44.7 Å². The van der Waals surface area contributed by atoms with Crippen molar-refractivity contribution in [2.75, 3.05) is 13.1 Å². The fourth-order valence-electron chi connectivity index (χ4n) is 2.05. The van der Waals surface area contributed by atoms with Crippen molar-refractivity contribution in [2.24, 2.45) is 0 Å². The van der Waals surface area contributed by atoms with Crippen LogP contribution in [0.3, 0.4) is 0 Å². The van der Waals surface area contributed by atoms with Crippen molar-refractivity contribution in [1.82, 2.24) is 10.6 Å². The molecule has 0 aliphatic rings. The highest BCUT2D eigenvalue weighted by atomic mass is 19.4. The van der Waals surface area contributed by atoms with Gasteiger partial charge < -0.3 is 15.4 Å². The fourth-order valence-corrected chi connectivity index (χ4v) is 2.05. The Kier molecular flexibility index (Phi) is 7.92. The van der Waals surface area contributed by atoms with Gasteiger partial charge in [0.25, 0.3) is 0 Å². The summed E-state index contributed by atoms with van der Waals surface area (Å²) in [6.07, 6.45) is -3.73. The van der Waals surface area contributed by atoms with E-state index < -0.39 is 23.4 Å². The molecule has 2 amide bonds. The summed E-state index contributed by atoms with van der Waals surface area (Å²) < 4.78 is 42.5. The predicted molar refractivity (Wildman–Crippen MR) is 91.6 cm³/mol. The second-order valence-electron chi connectivity index (χ2n) is 6.83. The highest BCUT2D eigenvalue weighted by molar-refractivity contribution is 5.76. The number of carbonyl (C=O) groups excluding carboxylic acids is 2. The minimum atomic E-state index is -4.35. The van der Waals surface area contributed by atoms with Crippen LogP contribution < -0.4 is 10.6 Å². The molecule has 0 saturated heterocycles. The maximum Gasteiger partial charge on any atom is 0.416 e. The number of alkyl halides is 3. The van der Waals surface area contributed by atoms with E-state index in [-0.39, 0.29) is 12.3 Å². The molecule has 0 aliphatic heterocycles. The molecule has 0 atom stereocenters. The van der Waals surface area contributed by atoms with Crippen LogP contribution in [0.15, 0.2) is 24.3 Å². The van der Waals surface area contributed by atoms with E-state index in [0.29, 0.717) is 31.5 Å². The molecule has 0 aliphatic carbocycles. The van der Waals surface area contributed by atoms with E-state index in [9.17, 15) is 22.8 Å². The third-order valence-corrected chi connectivity index (χ3v) is 3.27. The summed E-state index contributed by atoms with van der Waals surface area (Å²) in [5.41, 5.74) is -0.549. The quantitative estimate of drug-likeness (QED) is 0.716. The van der Waals surface area contributed by atoms with Crippen LogP contribution in [0.5, 0.6) is 0 Å². The van der Waals surface area contributed by atoms with E-state index in [4.69, 9.17) is 4.74 Å². The lowest BCUT2D eigenvalue weighted by atomic mass is 10.1. The number of rotatable bonds is 7. The average molecular weight is 374 g/mol. The van der Waals surface area contributed by atoms with Crippen LogP contribution in [0, 0.1) is 0 Å². The Labute approximate surface area is 151 Å². The number of amides is 2. The summed E-state index contributed by atoms with van der Waals surface area (Å²) in [6.45, 7) is 5.94. The third-order valence-electron chi connectivity index (χ3n) is 3.27. The largest absolute Gasteiger partial charge is 0.444 e. The highest BCUT2D eigenvalue weighted by Gasteiger charge is 2.29. The molecule has 0 fully saturated rings. The zero-order chi connectivity index (χ0) is 19.8. The molecule has 1 aromatic rings. The number of hydrogen-bond donors (Lipinski definition) is 2. The maximum absolute atomic E-state index is 12.5. The highest BCUT2D eigenvalue weighted by Crippen LogP contribution is 2.29. The van der Waals surface area contributed by atoms with E-state index in [2.05, 4.69) is 10.6 Å². The number of nitrogens with one attached hydrogen (secondary N) is 2. The zero-order valence-corrected chi connectivity index (χ0v) is 15.2. The molecule has 2 N–H and O–H groups in total. The summed E-state index contributed by atoms with van der Waals surface area (Å²) in [6, 6.07) is 4.86. The lowest BCUT2D eigenvalue weighted by molar-refractivity contribution is -0.137. The Balaban J connectivity index is 2.18. The first-order valence-electron chi connectivity index (χ1n) is 8.37. The van der Waals surface area contributed by atoms with Gasteiger partial charge in [-0.2, -0.15) is 13.2 Å². The number of alkyl carbamates (subject to hydrolysis) is 1. The number of benzene rings is 1. The van der Waals surface area contributed by atoms with E-state index in [0.717, 1.165) is 12.1 Å². The molecule has 0 spiro atoms. The zero-order valence-electron chi connectivity index (χ0n) is 15.2. The summed E-state index contributed by atoms with van der Waals surface area (Å²) in [4.78, 5) is 23.1. The molecule has 8 heteroatoms. The van der Waals surface area contributed by atoms with Gasteiger partial charge >= 0.3 is 12.3 Å². The molecular weight excluding hydrogens is 349 g/mol. The smallest absolute Gasteiger partial charge is 0.416 e. The van der Waals surface area contributed by atoms with Gasteiger partial charge in [-0.25, -0.2) is 4.79 Å². The first-order chi connectivity index (χ1) is 12.0. The van der Waals surface area contributed by atoms with Crippen molar-refractivity contribution >= 4 is 12.0 Å². The predicted octanol–water partition coefficient (Wildman–Crippen LogP) is 3.67. The Morgan fingerprint density at radius 2 is 1.62 bits per heavy atom. The van der Waals surface area contributed by atoms with E-state index in [1.807, 2.05) is 0 Å². The Bertz CT molecular complexity index is 593. The van der Waals surface area contributed by atoms with E-state index in [1.54, 1.807) is 20.8 Å². The van der Waals surface area contributed by atoms with Crippen molar-refractivity contribution in [3.05, 3.63) is 35.4 Å². The molecule has 0 heterocycles. The molecule has 146 valence electrons. The second-order valence-corrected chi connectivity index (χ2v) is 6.83. The van der Waals surface area contributed by atoms with Gasteiger partial charge in [-0.3, -0.25) is 4.79 Å². The first kappa shape index (κ1) is 21.8. The molecule has 26 heavy (non-hydrogen) atoms. The average Bonchev–Trinajstić information content (AvgIpc) is 2.49. The summed E-state index contributed by atoms with van der Waals surface area (Å²) in [7, 11) is 0. The van der Waals surface area contributed by atoms with Crippen LogP contribution in [-0.2, 0) is 22.1 Å². The van der Waals surface area contributed by atoms with Crippen LogP contribution in [0.4, 0.5) is 18.0 Å². The van der Waals surface area contributed by atoms with Gasteiger partial charge in [-0.05, 0) is 51.3 Å². The Morgan fingerprint density at radius 1 is 1.00 bits per heavy atom. The van der Waals surface area contributed by atoms with Gasteiger partial charge in [0.05, 0.1) is 5.56 Å². The maximum atomic E-state index is 12.5. The summed E-state index contributed by atoms with van der Waals surface area (Å²) in [5.74, 6) is -0.178. The number of carbonyl (C=O) groups is 2. The van der Waals surface area contributed by atoms with Gasteiger partial charge in [0, 0.05) is 19.5 Å². The van der Waals surface area contributed by atoms with Crippen molar-refractivity contribution in [3.63, 3.8) is 0 Å². The number of hydrogen-bond acceptors (Lipinski definition) is 3. The minimum Gasteiger partial charge on any atom is -0.444 e. The molecule has 1 aromatic carbocycles. The van der Waals surface area contributed by atoms with E-state index in [1.165, 1.54) is 12.1 Å². The summed E-state index contributed by atoms with van der Waals surface area (Å²) >= 11 is 0. The molecule has 0 unspecified atom stereocenters. The molecule has 0 saturated carbocycles. The molecule has 0 radical (unpaired) electrons. The normalized spacial score (nSPS) is 11.8. The molecule has 0 bridgehead atoms. The topological polar surface area (TPSA) is 67.4 Å². The Morgan fingerprint density at radius 3 is 2.15 bits per heavy atom. The Hall–Kier alpha value is -2.25. The number of halogens is 3. The lowest BCUT2D eigenvalue weighted by Crippen LogP contribution is -2.33. The van der Waals surface area contributed by atoms with Crippen LogP contribution in [0.25, 0.3) is 0 Å². The van der Waals surface area contributed by atoms with Gasteiger partial charge in [-0.1, -0.05) is 12.1 Å². The monoisotopic (exact) mass is 374 g/mol. The van der Waals surface area contributed by atoms with Gasteiger partial charge in [0.15, 0.2) is 0 Å². The molecule has 0 aromatic heterocycles. The standard InChI is InChI=1S/C18H25F3N2O3/c1-17(2,3)26-16(25)23-11-4-5-15(24)22-12-10-13-6-8-14(9-7-13)18(19,20)21/h6-9H,4-5,10-12H2,1-3H3,(H,22,24)(H,23,25). The fraction of sp³-hybridized carbons (Fsp3) is 0.556. The lowest BCUT2D eigenvalue weighted by Gasteiger charge is -2.19. The second kappa shape index (κ2) is 9.45. The van der Waals surface area contributed by atoms with Gasteiger partial charge in [0.2, 0.25) is 5.91 Å². The van der Waals surface area contributed by atoms with Gasteiger partial charge in [0.1, 0.15) is 5.60 Å². The van der Waals surface area contributed by atoms with Crippen LogP contribution in [-0.4, -0.2) is 30.7 Å². The molecular formula is C18H25F3N2O3. The molecule has 1 rings (SSSR count). The minimum absolute atomic E-state index is 0.178. The molecule has 5 nitrogen and oxygen atoms in total. The third kappa shape index (κ3) is 9.29. The van der Waals surface area contributed by atoms with E-state index >= 15 is 0 Å². The number of ether oxygens (including phenoxy) is 1. The van der Waals surface area contributed by atoms with Crippen molar-refractivity contribution in [1.29, 1.82) is 0 Å². The van der Waals surface area contributed by atoms with Crippen LogP contribution >= 0.6 is 0 Å². The van der Waals surface area contributed by atoms with Gasteiger partial charge in [-0.15, -0.1) is 0 Å². The SMILES string of the molecule is CC(C)(C)OC(=O)NCCCC(=O)NCCc1ccc(C(F)(F)F)cc1. The first-order valence-corrected chi connectivity index (χ1v) is 8.37. The van der Waals surface area contributed by atoms with Crippen molar-refractivity contribution in [3.8, 4) is 0 Å². The van der Waals surface area contributed by atoms with Crippen molar-refractivity contribution in [2.45, 2.75) is 51.8 Å². The van der Waals surface area contributed by atoms with Crippen LogP contribution in [0.2, 0.25) is 0 Å². The van der Waals surface area contributed by atoms with Crippen molar-refractivity contribution < 1.29 is 27.5 Å².